The van der Waals surface area contributed by atoms with Crippen LogP contribution in [0.3, 0.4) is 0 Å². The lowest BCUT2D eigenvalue weighted by atomic mass is 10.0. The van der Waals surface area contributed by atoms with E-state index in [-0.39, 0.29) is 0 Å². The number of hydrogen-bond acceptors (Lipinski definition) is 2. The van der Waals surface area contributed by atoms with Crippen molar-refractivity contribution in [2.45, 2.75) is 297 Å². The zero-order chi connectivity index (χ0) is 46.9. The second-order valence-corrected chi connectivity index (χ2v) is 20.1. The minimum Gasteiger partial charge on any atom is -0.255 e. The molecule has 0 unspecified atom stereocenters. The van der Waals surface area contributed by atoms with Crippen molar-refractivity contribution in [2.75, 3.05) is 0 Å². The van der Waals surface area contributed by atoms with Gasteiger partial charge in [0, 0.05) is 6.21 Å². The number of allylic oxidation sites excluding steroid dienone is 4. The van der Waals surface area contributed by atoms with Crippen molar-refractivity contribution in [1.29, 1.82) is 0 Å². The Balaban J connectivity index is 1.60. The van der Waals surface area contributed by atoms with Gasteiger partial charge >= 0.3 is 0 Å². The van der Waals surface area contributed by atoms with Gasteiger partial charge in [-0.1, -0.05) is 293 Å². The normalized spacial score (nSPS) is 12.3. The van der Waals surface area contributed by atoms with Crippen LogP contribution in [-0.4, -0.2) is 11.9 Å². The number of hydrogen-bond donors (Lipinski definition) is 0. The van der Waals surface area contributed by atoms with Crippen LogP contribution in [0.4, 0.5) is 11.4 Å². The molecule has 0 saturated carbocycles. The van der Waals surface area contributed by atoms with E-state index >= 15 is 0 Å². The molecule has 0 saturated heterocycles. The lowest BCUT2D eigenvalue weighted by Crippen LogP contribution is -2.00. The quantitative estimate of drug-likeness (QED) is 0.0359. The van der Waals surface area contributed by atoms with E-state index in [1.165, 1.54) is 242 Å². The molecular formula is C64H108N2. The van der Waals surface area contributed by atoms with Crippen molar-refractivity contribution >= 4 is 23.3 Å². The molecule has 2 heteroatoms. The predicted octanol–water partition coefficient (Wildman–Crippen LogP) is 22.4. The van der Waals surface area contributed by atoms with Crippen LogP contribution < -0.4 is 0 Å². The van der Waals surface area contributed by atoms with Crippen LogP contribution >= 0.6 is 0 Å². The largest absolute Gasteiger partial charge is 0.255 e. The second kappa shape index (κ2) is 47.3. The number of nitrogens with zero attached hydrogens (tertiary/aromatic N) is 2. The zero-order valence-corrected chi connectivity index (χ0v) is 44.3. The monoisotopic (exact) mass is 905 g/mol. The van der Waals surface area contributed by atoms with E-state index in [2.05, 4.69) is 99.8 Å². The fourth-order valence-corrected chi connectivity index (χ4v) is 9.41. The van der Waals surface area contributed by atoms with Crippen molar-refractivity contribution in [2.24, 2.45) is 9.98 Å². The van der Waals surface area contributed by atoms with Crippen LogP contribution in [-0.2, 0) is 12.8 Å². The molecular weight excluding hydrogens is 797 g/mol. The molecule has 0 aliphatic heterocycles. The minimum atomic E-state index is 0.956. The van der Waals surface area contributed by atoms with Crippen LogP contribution in [0.5, 0.6) is 0 Å². The molecule has 0 N–H and O–H groups in total. The summed E-state index contributed by atoms with van der Waals surface area (Å²) in [7, 11) is 0. The van der Waals surface area contributed by atoms with Crippen molar-refractivity contribution in [3.05, 3.63) is 84.0 Å². The van der Waals surface area contributed by atoms with E-state index in [0.717, 1.165) is 62.0 Å². The molecule has 0 fully saturated rings. The van der Waals surface area contributed by atoms with E-state index < -0.39 is 0 Å². The van der Waals surface area contributed by atoms with Crippen molar-refractivity contribution in [3.63, 3.8) is 0 Å². The van der Waals surface area contributed by atoms with Crippen LogP contribution in [0.15, 0.2) is 82.8 Å². The van der Waals surface area contributed by atoms with E-state index in [1.54, 1.807) is 0 Å². The molecule has 0 heterocycles. The summed E-state index contributed by atoms with van der Waals surface area (Å²) in [5.74, 6) is 0. The Labute approximate surface area is 412 Å². The molecule has 66 heavy (non-hydrogen) atoms. The Morgan fingerprint density at radius 1 is 0.333 bits per heavy atom. The first-order chi connectivity index (χ1) is 32.8. The average Bonchev–Trinajstić information content (AvgIpc) is 3.34. The molecule has 0 radical (unpaired) electrons. The molecule has 374 valence electrons. The highest BCUT2D eigenvalue weighted by atomic mass is 14.8. The summed E-state index contributed by atoms with van der Waals surface area (Å²) in [6.07, 6.45) is 70.3. The van der Waals surface area contributed by atoms with Gasteiger partial charge in [-0.15, -0.1) is 0 Å². The molecule has 0 atom stereocenters. The van der Waals surface area contributed by atoms with Crippen LogP contribution in [0, 0.1) is 0 Å². The number of aliphatic imine (C=N–C) groups is 2. The SMILES string of the molecule is CCCCCCCCCCCCCCCCCCC/C=C/CCc1ccccc1N=CC(CCCC)=Nc1ccccc1CC/C=C/CCCCCCCCCCCCCCCCCCC. The predicted molar refractivity (Wildman–Crippen MR) is 300 cm³/mol. The average molecular weight is 906 g/mol. The van der Waals surface area contributed by atoms with Gasteiger partial charge in [0.1, 0.15) is 0 Å². The number of para-hydroxylation sites is 2. The molecule has 0 amide bonds. The van der Waals surface area contributed by atoms with Gasteiger partial charge in [0.25, 0.3) is 0 Å². The molecule has 0 aliphatic rings. The van der Waals surface area contributed by atoms with E-state index in [9.17, 15) is 0 Å². The minimum absolute atomic E-state index is 0.956. The second-order valence-electron chi connectivity index (χ2n) is 20.1. The lowest BCUT2D eigenvalue weighted by Gasteiger charge is -2.07. The Hall–Kier alpha value is -2.74. The van der Waals surface area contributed by atoms with Crippen LogP contribution in [0.1, 0.15) is 295 Å². The molecule has 0 aromatic heterocycles. The first-order valence-corrected chi connectivity index (χ1v) is 29.4. The van der Waals surface area contributed by atoms with E-state index in [0.29, 0.717) is 0 Å². The van der Waals surface area contributed by atoms with E-state index in [1.807, 2.05) is 0 Å². The van der Waals surface area contributed by atoms with Gasteiger partial charge in [0.05, 0.1) is 17.1 Å². The third-order valence-electron chi connectivity index (χ3n) is 13.8. The molecule has 2 aromatic carbocycles. The van der Waals surface area contributed by atoms with Gasteiger partial charge < -0.3 is 0 Å². The van der Waals surface area contributed by atoms with Gasteiger partial charge in [-0.2, -0.15) is 0 Å². The molecule has 2 aromatic rings. The van der Waals surface area contributed by atoms with Gasteiger partial charge in [-0.05, 0) is 87.5 Å². The van der Waals surface area contributed by atoms with Crippen molar-refractivity contribution in [3.8, 4) is 0 Å². The maximum absolute atomic E-state index is 5.24. The van der Waals surface area contributed by atoms with Gasteiger partial charge in [0.15, 0.2) is 0 Å². The summed E-state index contributed by atoms with van der Waals surface area (Å²) in [5, 5.41) is 0. The fourth-order valence-electron chi connectivity index (χ4n) is 9.41. The van der Waals surface area contributed by atoms with Crippen molar-refractivity contribution in [1.82, 2.24) is 0 Å². The summed E-state index contributed by atoms with van der Waals surface area (Å²) < 4.78 is 0. The number of benzene rings is 2. The summed E-state index contributed by atoms with van der Waals surface area (Å²) in [5.41, 5.74) is 5.94. The lowest BCUT2D eigenvalue weighted by molar-refractivity contribution is 0.527. The first-order valence-electron chi connectivity index (χ1n) is 29.4. The van der Waals surface area contributed by atoms with Gasteiger partial charge in [-0.25, -0.2) is 0 Å². The van der Waals surface area contributed by atoms with Gasteiger partial charge in [-0.3, -0.25) is 9.98 Å². The highest BCUT2D eigenvalue weighted by Crippen LogP contribution is 2.24. The molecule has 2 rings (SSSR count). The number of aryl methyl sites for hydroxylation is 2. The molecule has 0 aliphatic carbocycles. The first kappa shape index (κ1) is 59.4. The molecule has 0 spiro atoms. The smallest absolute Gasteiger partial charge is 0.0665 e. The topological polar surface area (TPSA) is 24.7 Å². The summed E-state index contributed by atoms with van der Waals surface area (Å²) >= 11 is 0. The Bertz CT molecular complexity index is 1450. The third-order valence-corrected chi connectivity index (χ3v) is 13.8. The fraction of sp³-hybridized carbons (Fsp3) is 0.719. The molecule has 2 nitrogen and oxygen atoms in total. The Kier molecular flexibility index (Phi) is 42.6. The standard InChI is InChI=1S/C64H108N2/c1-4-7-10-12-14-16-18-20-22-24-26-28-30-32-34-36-38-40-42-44-46-52-60-54-48-50-57-63(60)65-59-62(56-9-6-3)66-64-58-51-49-55-61(64)53-47-45-43-41-39-37-35-33-31-29-27-25-23-21-19-17-15-13-11-8-5-2/h42-45,48-51,54-55,57-59H,4-41,46-47,52-53,56H2,1-3H3/b44-42+,45-43+,65-59?,66-62?. The maximum Gasteiger partial charge on any atom is 0.0665 e. The Morgan fingerprint density at radius 2 is 0.636 bits per heavy atom. The number of rotatable bonds is 48. The van der Waals surface area contributed by atoms with Crippen molar-refractivity contribution < 1.29 is 0 Å². The molecule has 0 bridgehead atoms. The zero-order valence-electron chi connectivity index (χ0n) is 44.3. The summed E-state index contributed by atoms with van der Waals surface area (Å²) in [6, 6.07) is 17.5. The third kappa shape index (κ3) is 36.3. The summed E-state index contributed by atoms with van der Waals surface area (Å²) in [6.45, 7) is 6.87. The Morgan fingerprint density at radius 3 is 1.02 bits per heavy atom. The highest BCUT2D eigenvalue weighted by Gasteiger charge is 2.05. The van der Waals surface area contributed by atoms with Crippen LogP contribution in [0.25, 0.3) is 0 Å². The van der Waals surface area contributed by atoms with E-state index in [4.69, 9.17) is 9.98 Å². The maximum atomic E-state index is 5.24. The highest BCUT2D eigenvalue weighted by molar-refractivity contribution is 6.31. The van der Waals surface area contributed by atoms with Crippen LogP contribution in [0.2, 0.25) is 0 Å². The number of unbranched alkanes of at least 4 members (excludes halogenated alkanes) is 35. The van der Waals surface area contributed by atoms with Gasteiger partial charge in [0.2, 0.25) is 0 Å². The summed E-state index contributed by atoms with van der Waals surface area (Å²) in [4.78, 5) is 10.3.